The van der Waals surface area contributed by atoms with Gasteiger partial charge in [0, 0.05) is 0 Å². The van der Waals surface area contributed by atoms with Gasteiger partial charge in [0.1, 0.15) is 5.75 Å². The quantitative estimate of drug-likeness (QED) is 0.787. The van der Waals surface area contributed by atoms with E-state index in [0.717, 1.165) is 0 Å². The van der Waals surface area contributed by atoms with E-state index in [9.17, 15) is 8.42 Å². The summed E-state index contributed by atoms with van der Waals surface area (Å²) in [5.74, 6) is 0.679. The second-order valence-corrected chi connectivity index (χ2v) is 6.00. The summed E-state index contributed by atoms with van der Waals surface area (Å²) in [5, 5.41) is 0. The maximum atomic E-state index is 11.7. The molecule has 17 heavy (non-hydrogen) atoms. The van der Waals surface area contributed by atoms with Gasteiger partial charge in [-0.05, 0) is 24.1 Å². The standard InChI is InChI=1S/C11H18N2O3S/c1-8(2)7-17(14,15)13-9-4-5-11(16-3)10(12)6-9/h4-6,8,13H,7,12H2,1-3H3. The van der Waals surface area contributed by atoms with Crippen LogP contribution in [0.15, 0.2) is 18.2 Å². The summed E-state index contributed by atoms with van der Waals surface area (Å²) in [7, 11) is -1.81. The van der Waals surface area contributed by atoms with Crippen LogP contribution >= 0.6 is 0 Å². The first-order valence-electron chi connectivity index (χ1n) is 5.28. The summed E-state index contributed by atoms with van der Waals surface area (Å²) in [6.45, 7) is 3.70. The van der Waals surface area contributed by atoms with Gasteiger partial charge in [-0.25, -0.2) is 8.42 Å². The number of ether oxygens (including phenoxy) is 1. The molecule has 0 atom stereocenters. The van der Waals surface area contributed by atoms with Crippen molar-refractivity contribution in [1.82, 2.24) is 0 Å². The summed E-state index contributed by atoms with van der Waals surface area (Å²) in [4.78, 5) is 0. The average Bonchev–Trinajstić information content (AvgIpc) is 2.14. The molecule has 3 N–H and O–H groups in total. The Morgan fingerprint density at radius 3 is 2.53 bits per heavy atom. The number of nitrogens with two attached hydrogens (primary N) is 1. The molecule has 6 heteroatoms. The SMILES string of the molecule is COc1ccc(NS(=O)(=O)CC(C)C)cc1N. The van der Waals surface area contributed by atoms with Crippen molar-refractivity contribution in [2.75, 3.05) is 23.3 Å². The number of nitrogen functional groups attached to an aromatic ring is 1. The van der Waals surface area contributed by atoms with Crippen molar-refractivity contribution in [2.45, 2.75) is 13.8 Å². The molecule has 1 rings (SSSR count). The number of benzene rings is 1. The third kappa shape index (κ3) is 4.14. The number of nitrogens with one attached hydrogen (secondary N) is 1. The molecule has 1 aromatic carbocycles. The molecule has 0 fully saturated rings. The third-order valence-corrected chi connectivity index (χ3v) is 3.71. The summed E-state index contributed by atoms with van der Waals surface area (Å²) in [5.41, 5.74) is 6.54. The van der Waals surface area contributed by atoms with E-state index < -0.39 is 10.0 Å². The van der Waals surface area contributed by atoms with E-state index in [2.05, 4.69) is 4.72 Å². The van der Waals surface area contributed by atoms with E-state index >= 15 is 0 Å². The van der Waals surface area contributed by atoms with Crippen molar-refractivity contribution in [3.63, 3.8) is 0 Å². The number of hydrogen-bond donors (Lipinski definition) is 2. The molecule has 0 saturated carbocycles. The van der Waals surface area contributed by atoms with Gasteiger partial charge in [0.15, 0.2) is 0 Å². The van der Waals surface area contributed by atoms with Gasteiger partial charge in [0.2, 0.25) is 10.0 Å². The topological polar surface area (TPSA) is 81.4 Å². The van der Waals surface area contributed by atoms with Crippen LogP contribution in [-0.4, -0.2) is 21.3 Å². The summed E-state index contributed by atoms with van der Waals surface area (Å²) in [6, 6.07) is 4.78. The first-order valence-corrected chi connectivity index (χ1v) is 6.93. The normalized spacial score (nSPS) is 11.5. The average molecular weight is 258 g/mol. The number of sulfonamides is 1. The molecular formula is C11H18N2O3S. The highest BCUT2D eigenvalue weighted by molar-refractivity contribution is 7.92. The zero-order chi connectivity index (χ0) is 13.1. The lowest BCUT2D eigenvalue weighted by Gasteiger charge is -2.11. The lowest BCUT2D eigenvalue weighted by molar-refractivity contribution is 0.417. The first-order chi connectivity index (χ1) is 7.84. The van der Waals surface area contributed by atoms with Crippen molar-refractivity contribution < 1.29 is 13.2 Å². The van der Waals surface area contributed by atoms with Crippen LogP contribution in [0, 0.1) is 5.92 Å². The number of anilines is 2. The van der Waals surface area contributed by atoms with Gasteiger partial charge in [-0.15, -0.1) is 0 Å². The van der Waals surface area contributed by atoms with Crippen molar-refractivity contribution in [3.8, 4) is 5.75 Å². The Hall–Kier alpha value is -1.43. The zero-order valence-electron chi connectivity index (χ0n) is 10.2. The van der Waals surface area contributed by atoms with Crippen LogP contribution in [0.25, 0.3) is 0 Å². The molecule has 96 valence electrons. The van der Waals surface area contributed by atoms with Gasteiger partial charge in [-0.1, -0.05) is 13.8 Å². The molecule has 0 radical (unpaired) electrons. The number of rotatable bonds is 5. The van der Waals surface area contributed by atoms with Crippen molar-refractivity contribution in [3.05, 3.63) is 18.2 Å². The summed E-state index contributed by atoms with van der Waals surface area (Å²) >= 11 is 0. The predicted molar refractivity (Wildman–Crippen MR) is 69.7 cm³/mol. The highest BCUT2D eigenvalue weighted by Gasteiger charge is 2.13. The van der Waals surface area contributed by atoms with Gasteiger partial charge >= 0.3 is 0 Å². The second kappa shape index (κ2) is 5.27. The van der Waals surface area contributed by atoms with E-state index in [0.29, 0.717) is 17.1 Å². The van der Waals surface area contributed by atoms with Crippen LogP contribution in [0.5, 0.6) is 5.75 Å². The van der Waals surface area contributed by atoms with Crippen LogP contribution in [0.3, 0.4) is 0 Å². The van der Waals surface area contributed by atoms with E-state index in [1.54, 1.807) is 12.1 Å². The minimum atomic E-state index is -3.32. The summed E-state index contributed by atoms with van der Waals surface area (Å²) in [6.07, 6.45) is 0. The Bertz CT molecular complexity index is 483. The molecule has 0 amide bonds. The van der Waals surface area contributed by atoms with Crippen LogP contribution in [-0.2, 0) is 10.0 Å². The van der Waals surface area contributed by atoms with Crippen molar-refractivity contribution >= 4 is 21.4 Å². The van der Waals surface area contributed by atoms with E-state index in [1.165, 1.54) is 13.2 Å². The minimum Gasteiger partial charge on any atom is -0.495 e. The second-order valence-electron chi connectivity index (χ2n) is 4.23. The molecule has 0 unspecified atom stereocenters. The molecule has 0 aliphatic heterocycles. The fourth-order valence-corrected chi connectivity index (χ4v) is 2.90. The number of methoxy groups -OCH3 is 1. The Morgan fingerprint density at radius 2 is 2.06 bits per heavy atom. The Kier molecular flexibility index (Phi) is 4.22. The smallest absolute Gasteiger partial charge is 0.232 e. The lowest BCUT2D eigenvalue weighted by Crippen LogP contribution is -2.20. The molecule has 1 aromatic rings. The fourth-order valence-electron chi connectivity index (χ4n) is 1.46. The fraction of sp³-hybridized carbons (Fsp3) is 0.455. The zero-order valence-corrected chi connectivity index (χ0v) is 11.0. The van der Waals surface area contributed by atoms with Crippen LogP contribution < -0.4 is 15.2 Å². The van der Waals surface area contributed by atoms with Gasteiger partial charge in [-0.2, -0.15) is 0 Å². The highest BCUT2D eigenvalue weighted by Crippen LogP contribution is 2.25. The highest BCUT2D eigenvalue weighted by atomic mass is 32.2. The third-order valence-electron chi connectivity index (χ3n) is 2.06. The molecule has 5 nitrogen and oxygen atoms in total. The Balaban J connectivity index is 2.86. The van der Waals surface area contributed by atoms with Gasteiger partial charge < -0.3 is 10.5 Å². The van der Waals surface area contributed by atoms with E-state index in [-0.39, 0.29) is 11.7 Å². The van der Waals surface area contributed by atoms with Crippen molar-refractivity contribution in [1.29, 1.82) is 0 Å². The van der Waals surface area contributed by atoms with Crippen LogP contribution in [0.2, 0.25) is 0 Å². The molecule has 0 aliphatic carbocycles. The first kappa shape index (κ1) is 13.6. The monoisotopic (exact) mass is 258 g/mol. The lowest BCUT2D eigenvalue weighted by atomic mass is 10.2. The summed E-state index contributed by atoms with van der Waals surface area (Å²) < 4.78 is 30.9. The molecule has 0 heterocycles. The van der Waals surface area contributed by atoms with Crippen LogP contribution in [0.1, 0.15) is 13.8 Å². The number of hydrogen-bond acceptors (Lipinski definition) is 4. The van der Waals surface area contributed by atoms with Gasteiger partial charge in [0.25, 0.3) is 0 Å². The molecule has 0 aromatic heterocycles. The molecule has 0 aliphatic rings. The maximum Gasteiger partial charge on any atom is 0.232 e. The largest absolute Gasteiger partial charge is 0.495 e. The minimum absolute atomic E-state index is 0.0723. The Labute approximate surface area is 102 Å². The van der Waals surface area contributed by atoms with E-state index in [4.69, 9.17) is 10.5 Å². The molecular weight excluding hydrogens is 240 g/mol. The maximum absolute atomic E-state index is 11.7. The van der Waals surface area contributed by atoms with Gasteiger partial charge in [-0.3, -0.25) is 4.72 Å². The van der Waals surface area contributed by atoms with Crippen LogP contribution in [0.4, 0.5) is 11.4 Å². The van der Waals surface area contributed by atoms with Gasteiger partial charge in [0.05, 0.1) is 24.2 Å². The van der Waals surface area contributed by atoms with Crippen molar-refractivity contribution in [2.24, 2.45) is 5.92 Å². The molecule has 0 saturated heterocycles. The molecule has 0 bridgehead atoms. The predicted octanol–water partition coefficient (Wildman–Crippen LogP) is 1.68. The van der Waals surface area contributed by atoms with E-state index in [1.807, 2.05) is 13.8 Å². The Morgan fingerprint density at radius 1 is 1.41 bits per heavy atom. The molecule has 0 spiro atoms.